The van der Waals surface area contributed by atoms with E-state index in [4.69, 9.17) is 9.47 Å². The quantitative estimate of drug-likeness (QED) is 0.499. The zero-order valence-corrected chi connectivity index (χ0v) is 10.8. The molecule has 0 amide bonds. The van der Waals surface area contributed by atoms with Crippen LogP contribution in [0.1, 0.15) is 34.1 Å². The second-order valence-corrected chi connectivity index (χ2v) is 3.59. The lowest BCUT2D eigenvalue weighted by atomic mass is 9.89. The zero-order chi connectivity index (χ0) is 13.4. The van der Waals surface area contributed by atoms with Crippen LogP contribution in [0.2, 0.25) is 0 Å². The Hall–Kier alpha value is -1.39. The first-order valence-corrected chi connectivity index (χ1v) is 5.85. The maximum atomic E-state index is 11.6. The first-order valence-electron chi connectivity index (χ1n) is 5.85. The van der Waals surface area contributed by atoms with Crippen molar-refractivity contribution in [2.24, 2.45) is 11.8 Å². The molecule has 5 heteroatoms. The number of ether oxygens (including phenoxy) is 2. The molecule has 5 nitrogen and oxygen atoms in total. The number of hydrogen-bond donors (Lipinski definition) is 0. The van der Waals surface area contributed by atoms with Gasteiger partial charge in [-0.2, -0.15) is 0 Å². The summed E-state index contributed by atoms with van der Waals surface area (Å²) in [5, 5.41) is 0. The SMILES string of the molecule is CCOC(=O)C(C(=O)OCC)C(C)C(=O)CC. The van der Waals surface area contributed by atoms with Crippen molar-refractivity contribution in [1.29, 1.82) is 0 Å². The number of hydrogen-bond acceptors (Lipinski definition) is 5. The number of Topliss-reactive ketones (excluding diaryl/α,β-unsaturated/α-hetero) is 1. The second-order valence-electron chi connectivity index (χ2n) is 3.59. The molecule has 0 radical (unpaired) electrons. The number of carbonyl (C=O) groups excluding carboxylic acids is 3. The van der Waals surface area contributed by atoms with Gasteiger partial charge in [-0.15, -0.1) is 0 Å². The lowest BCUT2D eigenvalue weighted by Crippen LogP contribution is -2.36. The molecule has 0 rings (SSSR count). The van der Waals surface area contributed by atoms with E-state index in [2.05, 4.69) is 0 Å². The summed E-state index contributed by atoms with van der Waals surface area (Å²) in [5.74, 6) is -3.41. The van der Waals surface area contributed by atoms with Crippen molar-refractivity contribution in [1.82, 2.24) is 0 Å². The van der Waals surface area contributed by atoms with Gasteiger partial charge in [0.25, 0.3) is 0 Å². The highest BCUT2D eigenvalue weighted by atomic mass is 16.6. The predicted octanol–water partition coefficient (Wildman–Crippen LogP) is 1.34. The van der Waals surface area contributed by atoms with Crippen LogP contribution in [-0.2, 0) is 23.9 Å². The lowest BCUT2D eigenvalue weighted by Gasteiger charge is -2.19. The molecule has 0 fully saturated rings. The molecule has 1 unspecified atom stereocenters. The Morgan fingerprint density at radius 1 is 0.941 bits per heavy atom. The largest absolute Gasteiger partial charge is 0.465 e. The van der Waals surface area contributed by atoms with Gasteiger partial charge >= 0.3 is 11.9 Å². The van der Waals surface area contributed by atoms with Crippen molar-refractivity contribution in [2.45, 2.75) is 34.1 Å². The summed E-state index contributed by atoms with van der Waals surface area (Å²) in [6, 6.07) is 0. The van der Waals surface area contributed by atoms with Gasteiger partial charge < -0.3 is 9.47 Å². The van der Waals surface area contributed by atoms with Crippen LogP contribution in [0.15, 0.2) is 0 Å². The molecule has 17 heavy (non-hydrogen) atoms. The Kier molecular flexibility index (Phi) is 7.18. The molecule has 0 aliphatic carbocycles. The van der Waals surface area contributed by atoms with Crippen LogP contribution < -0.4 is 0 Å². The fraction of sp³-hybridized carbons (Fsp3) is 0.750. The van der Waals surface area contributed by atoms with Crippen LogP contribution in [0, 0.1) is 11.8 Å². The second kappa shape index (κ2) is 7.81. The molecule has 0 spiro atoms. The summed E-state index contributed by atoms with van der Waals surface area (Å²) < 4.78 is 9.59. The average Bonchev–Trinajstić information content (AvgIpc) is 2.28. The van der Waals surface area contributed by atoms with Crippen LogP contribution >= 0.6 is 0 Å². The van der Waals surface area contributed by atoms with E-state index in [0.29, 0.717) is 0 Å². The minimum Gasteiger partial charge on any atom is -0.465 e. The molecule has 0 heterocycles. The van der Waals surface area contributed by atoms with E-state index in [1.807, 2.05) is 0 Å². The van der Waals surface area contributed by atoms with Gasteiger partial charge in [0.05, 0.1) is 13.2 Å². The summed E-state index contributed by atoms with van der Waals surface area (Å²) >= 11 is 0. The van der Waals surface area contributed by atoms with Crippen LogP contribution in [0.3, 0.4) is 0 Å². The lowest BCUT2D eigenvalue weighted by molar-refractivity contribution is -0.165. The highest BCUT2D eigenvalue weighted by Crippen LogP contribution is 2.18. The fourth-order valence-corrected chi connectivity index (χ4v) is 1.48. The highest BCUT2D eigenvalue weighted by molar-refractivity contribution is 6.00. The van der Waals surface area contributed by atoms with Crippen molar-refractivity contribution >= 4 is 17.7 Å². The summed E-state index contributed by atoms with van der Waals surface area (Å²) in [4.78, 5) is 34.8. The van der Waals surface area contributed by atoms with Crippen molar-refractivity contribution < 1.29 is 23.9 Å². The molecule has 0 bridgehead atoms. The van der Waals surface area contributed by atoms with E-state index in [1.165, 1.54) is 0 Å². The minimum atomic E-state index is -1.15. The molecule has 0 aromatic carbocycles. The molecule has 0 aromatic heterocycles. The van der Waals surface area contributed by atoms with E-state index in [9.17, 15) is 14.4 Å². The van der Waals surface area contributed by atoms with Gasteiger partial charge in [0.15, 0.2) is 5.92 Å². The summed E-state index contributed by atoms with van der Waals surface area (Å²) in [5.41, 5.74) is 0. The number of carbonyl (C=O) groups is 3. The van der Waals surface area contributed by atoms with E-state index in [0.717, 1.165) is 0 Å². The van der Waals surface area contributed by atoms with Crippen LogP contribution in [0.4, 0.5) is 0 Å². The molecule has 98 valence electrons. The van der Waals surface area contributed by atoms with Gasteiger partial charge in [-0.25, -0.2) is 0 Å². The summed E-state index contributed by atoms with van der Waals surface area (Å²) in [7, 11) is 0. The van der Waals surface area contributed by atoms with Gasteiger partial charge in [-0.3, -0.25) is 14.4 Å². The molecule has 0 saturated carbocycles. The van der Waals surface area contributed by atoms with E-state index < -0.39 is 23.8 Å². The molecular formula is C12H20O5. The smallest absolute Gasteiger partial charge is 0.321 e. The topological polar surface area (TPSA) is 69.7 Å². The molecule has 1 atom stereocenters. The fourth-order valence-electron chi connectivity index (χ4n) is 1.48. The van der Waals surface area contributed by atoms with Gasteiger partial charge in [-0.1, -0.05) is 13.8 Å². The Bertz CT molecular complexity index is 267. The Morgan fingerprint density at radius 3 is 1.65 bits per heavy atom. The Labute approximate surface area is 101 Å². The monoisotopic (exact) mass is 244 g/mol. The maximum Gasteiger partial charge on any atom is 0.321 e. The first kappa shape index (κ1) is 15.6. The Balaban J connectivity index is 4.89. The molecule has 0 aliphatic rings. The van der Waals surface area contributed by atoms with E-state index >= 15 is 0 Å². The van der Waals surface area contributed by atoms with E-state index in [-0.39, 0.29) is 25.4 Å². The minimum absolute atomic E-state index is 0.156. The predicted molar refractivity (Wildman–Crippen MR) is 61.2 cm³/mol. The van der Waals surface area contributed by atoms with Crippen molar-refractivity contribution in [3.63, 3.8) is 0 Å². The van der Waals surface area contributed by atoms with Gasteiger partial charge in [-0.05, 0) is 13.8 Å². The number of esters is 2. The van der Waals surface area contributed by atoms with E-state index in [1.54, 1.807) is 27.7 Å². The van der Waals surface area contributed by atoms with Crippen molar-refractivity contribution in [3.8, 4) is 0 Å². The third-order valence-corrected chi connectivity index (χ3v) is 2.44. The molecule has 0 N–H and O–H groups in total. The maximum absolute atomic E-state index is 11.6. The van der Waals surface area contributed by atoms with Gasteiger partial charge in [0.2, 0.25) is 0 Å². The highest BCUT2D eigenvalue weighted by Gasteiger charge is 2.37. The average molecular weight is 244 g/mol. The summed E-state index contributed by atoms with van der Waals surface area (Å²) in [6.45, 7) is 6.86. The molecule has 0 aliphatic heterocycles. The molecular weight excluding hydrogens is 224 g/mol. The van der Waals surface area contributed by atoms with Crippen molar-refractivity contribution in [2.75, 3.05) is 13.2 Å². The van der Waals surface area contributed by atoms with Gasteiger partial charge in [0.1, 0.15) is 5.78 Å². The normalized spacial score (nSPS) is 12.1. The summed E-state index contributed by atoms with van der Waals surface area (Å²) in [6.07, 6.45) is 0.274. The Morgan fingerprint density at radius 2 is 1.35 bits per heavy atom. The van der Waals surface area contributed by atoms with Crippen molar-refractivity contribution in [3.05, 3.63) is 0 Å². The third kappa shape index (κ3) is 4.54. The number of rotatable bonds is 7. The van der Waals surface area contributed by atoms with Crippen LogP contribution in [0.25, 0.3) is 0 Å². The third-order valence-electron chi connectivity index (χ3n) is 2.44. The zero-order valence-electron chi connectivity index (χ0n) is 10.8. The van der Waals surface area contributed by atoms with Crippen LogP contribution in [-0.4, -0.2) is 30.9 Å². The number of ketones is 1. The van der Waals surface area contributed by atoms with Crippen LogP contribution in [0.5, 0.6) is 0 Å². The first-order chi connectivity index (χ1) is 7.99. The standard InChI is InChI=1S/C12H20O5/c1-5-9(13)8(4)10(11(14)16-6-2)12(15)17-7-3/h8,10H,5-7H2,1-4H3. The van der Waals surface area contributed by atoms with Gasteiger partial charge in [0, 0.05) is 12.3 Å². The molecule has 0 aromatic rings. The molecule has 0 saturated heterocycles.